The molecule has 0 saturated heterocycles. The number of unbranched alkanes of at least 4 members (excludes halogenated alkanes) is 27. The number of carbonyl (C=O) groups excluding carboxylic acids is 3. The van der Waals surface area contributed by atoms with E-state index in [1.54, 1.807) is 0 Å². The zero-order chi connectivity index (χ0) is 43.7. The van der Waals surface area contributed by atoms with Crippen LogP contribution in [-0.2, 0) is 28.6 Å². The molecule has 0 bridgehead atoms. The van der Waals surface area contributed by atoms with Crippen LogP contribution in [0.4, 0.5) is 0 Å². The van der Waals surface area contributed by atoms with Gasteiger partial charge in [0.15, 0.2) is 6.10 Å². The molecule has 6 heteroatoms. The summed E-state index contributed by atoms with van der Waals surface area (Å²) in [6.07, 6.45) is 58.1. The first kappa shape index (κ1) is 57.4. The molecule has 6 nitrogen and oxygen atoms in total. The number of hydrogen-bond donors (Lipinski definition) is 0. The summed E-state index contributed by atoms with van der Waals surface area (Å²) in [5.41, 5.74) is 0. The fraction of sp³-hybridized carbons (Fsp3) is 0.796. The van der Waals surface area contributed by atoms with E-state index in [-0.39, 0.29) is 37.5 Å². The second kappa shape index (κ2) is 49.0. The summed E-state index contributed by atoms with van der Waals surface area (Å²) in [5.74, 6) is -0.959. The summed E-state index contributed by atoms with van der Waals surface area (Å²) >= 11 is 0. The van der Waals surface area contributed by atoms with Crippen LogP contribution < -0.4 is 0 Å². The van der Waals surface area contributed by atoms with Gasteiger partial charge in [0.1, 0.15) is 13.2 Å². The smallest absolute Gasteiger partial charge is 0.306 e. The fourth-order valence-electron chi connectivity index (χ4n) is 7.16. The molecular formula is C54H96O6. The molecule has 1 atom stereocenters. The van der Waals surface area contributed by atoms with E-state index in [0.29, 0.717) is 19.3 Å². The quantitative estimate of drug-likeness (QED) is 0.0263. The average Bonchev–Trinajstić information content (AvgIpc) is 3.24. The van der Waals surface area contributed by atoms with Gasteiger partial charge in [-0.05, 0) is 77.0 Å². The second-order valence-corrected chi connectivity index (χ2v) is 17.1. The monoisotopic (exact) mass is 841 g/mol. The molecule has 0 aliphatic heterocycles. The summed E-state index contributed by atoms with van der Waals surface area (Å²) in [6, 6.07) is 0. The normalized spacial score (nSPS) is 12.4. The van der Waals surface area contributed by atoms with Crippen molar-refractivity contribution in [3.05, 3.63) is 48.6 Å². The molecule has 0 saturated carbocycles. The van der Waals surface area contributed by atoms with E-state index in [0.717, 1.165) is 70.6 Å². The van der Waals surface area contributed by atoms with Gasteiger partial charge in [-0.15, -0.1) is 0 Å². The van der Waals surface area contributed by atoms with Gasteiger partial charge < -0.3 is 14.2 Å². The molecule has 0 aromatic rings. The van der Waals surface area contributed by atoms with Crippen molar-refractivity contribution in [1.29, 1.82) is 0 Å². The number of esters is 3. The number of hydrogen-bond acceptors (Lipinski definition) is 6. The van der Waals surface area contributed by atoms with Crippen molar-refractivity contribution in [3.63, 3.8) is 0 Å². The highest BCUT2D eigenvalue weighted by Crippen LogP contribution is 2.14. The molecule has 0 heterocycles. The number of carbonyl (C=O) groups is 3. The molecule has 0 radical (unpaired) electrons. The predicted octanol–water partition coefficient (Wildman–Crippen LogP) is 16.7. The molecule has 0 aromatic heterocycles. The minimum atomic E-state index is -0.797. The highest BCUT2D eigenvalue weighted by atomic mass is 16.6. The maximum Gasteiger partial charge on any atom is 0.306 e. The fourth-order valence-corrected chi connectivity index (χ4v) is 7.16. The van der Waals surface area contributed by atoms with Gasteiger partial charge in [-0.3, -0.25) is 14.4 Å². The van der Waals surface area contributed by atoms with Crippen molar-refractivity contribution in [2.75, 3.05) is 13.2 Å². The third-order valence-electron chi connectivity index (χ3n) is 11.1. The molecule has 0 fully saturated rings. The molecule has 0 N–H and O–H groups in total. The second-order valence-electron chi connectivity index (χ2n) is 17.1. The van der Waals surface area contributed by atoms with Crippen LogP contribution in [0.15, 0.2) is 48.6 Å². The molecular weight excluding hydrogens is 745 g/mol. The van der Waals surface area contributed by atoms with Crippen molar-refractivity contribution in [1.82, 2.24) is 0 Å². The van der Waals surface area contributed by atoms with Gasteiger partial charge >= 0.3 is 17.9 Å². The van der Waals surface area contributed by atoms with Crippen LogP contribution in [0, 0.1) is 0 Å². The summed E-state index contributed by atoms with van der Waals surface area (Å²) in [6.45, 7) is 6.57. The van der Waals surface area contributed by atoms with Gasteiger partial charge in [-0.25, -0.2) is 0 Å². The van der Waals surface area contributed by atoms with Crippen LogP contribution in [0.3, 0.4) is 0 Å². The van der Waals surface area contributed by atoms with E-state index in [1.807, 2.05) is 0 Å². The zero-order valence-electron chi connectivity index (χ0n) is 39.7. The van der Waals surface area contributed by atoms with Gasteiger partial charge in [0, 0.05) is 19.3 Å². The molecule has 0 aromatic carbocycles. The van der Waals surface area contributed by atoms with Gasteiger partial charge in [0.05, 0.1) is 0 Å². The molecule has 1 unspecified atom stereocenters. The van der Waals surface area contributed by atoms with Gasteiger partial charge in [-0.2, -0.15) is 0 Å². The Morgan fingerprint density at radius 2 is 0.617 bits per heavy atom. The minimum Gasteiger partial charge on any atom is -0.462 e. The first-order valence-corrected chi connectivity index (χ1v) is 25.6. The maximum absolute atomic E-state index is 12.8. The van der Waals surface area contributed by atoms with E-state index in [4.69, 9.17) is 14.2 Å². The summed E-state index contributed by atoms with van der Waals surface area (Å²) in [4.78, 5) is 37.9. The lowest BCUT2D eigenvalue weighted by Crippen LogP contribution is -2.30. The predicted molar refractivity (Wildman–Crippen MR) is 256 cm³/mol. The molecule has 0 rings (SSSR count). The van der Waals surface area contributed by atoms with Gasteiger partial charge in [0.2, 0.25) is 0 Å². The minimum absolute atomic E-state index is 0.0927. The largest absolute Gasteiger partial charge is 0.462 e. The van der Waals surface area contributed by atoms with Gasteiger partial charge in [-0.1, -0.05) is 211 Å². The Hall–Kier alpha value is -2.63. The Kier molecular flexibility index (Phi) is 46.9. The van der Waals surface area contributed by atoms with Crippen LogP contribution >= 0.6 is 0 Å². The third-order valence-corrected chi connectivity index (χ3v) is 11.1. The Morgan fingerprint density at radius 3 is 1.03 bits per heavy atom. The number of ether oxygens (including phenoxy) is 3. The summed E-state index contributed by atoms with van der Waals surface area (Å²) < 4.78 is 16.7. The zero-order valence-corrected chi connectivity index (χ0v) is 39.7. The van der Waals surface area contributed by atoms with Crippen molar-refractivity contribution >= 4 is 17.9 Å². The van der Waals surface area contributed by atoms with Crippen molar-refractivity contribution in [2.24, 2.45) is 0 Å². The van der Waals surface area contributed by atoms with Crippen LogP contribution in [0.2, 0.25) is 0 Å². The van der Waals surface area contributed by atoms with Crippen LogP contribution in [0.1, 0.15) is 258 Å². The highest BCUT2D eigenvalue weighted by Gasteiger charge is 2.19. The summed E-state index contributed by atoms with van der Waals surface area (Å²) in [5, 5.41) is 0. The molecule has 348 valence electrons. The molecule has 0 spiro atoms. The highest BCUT2D eigenvalue weighted by molar-refractivity contribution is 5.71. The lowest BCUT2D eigenvalue weighted by atomic mass is 10.1. The van der Waals surface area contributed by atoms with E-state index in [1.165, 1.54) is 141 Å². The van der Waals surface area contributed by atoms with E-state index in [9.17, 15) is 14.4 Å². The standard InChI is InChI=1S/C54H96O6/c1-4-7-10-13-16-19-22-24-26-27-28-30-32-35-38-41-44-47-53(56)59-50-51(49-58-52(55)46-43-40-37-34-31-21-18-15-12-9-6-3)60-54(57)48-45-42-39-36-33-29-25-23-20-17-14-11-8-5-2/h24,26,28-30,33,35,38,51H,4-23,25,27,31-32,34,36-37,39-50H2,1-3H3/b26-24-,30-28-,33-29-,38-35-. The first-order chi connectivity index (χ1) is 29.5. The average molecular weight is 841 g/mol. The van der Waals surface area contributed by atoms with Crippen molar-refractivity contribution < 1.29 is 28.6 Å². The lowest BCUT2D eigenvalue weighted by Gasteiger charge is -2.18. The molecule has 0 aliphatic rings. The van der Waals surface area contributed by atoms with Crippen LogP contribution in [-0.4, -0.2) is 37.2 Å². The SMILES string of the molecule is CCCCCCCC/C=C\C/C=C\C/C=C\CCCC(=O)OCC(COC(=O)CCCCCCCCCCCCC)OC(=O)CCCCC/C=C\CCCCCCCCC. The maximum atomic E-state index is 12.8. The number of rotatable bonds is 46. The molecule has 60 heavy (non-hydrogen) atoms. The molecule has 0 amide bonds. The number of allylic oxidation sites excluding steroid dienone is 8. The van der Waals surface area contributed by atoms with E-state index < -0.39 is 6.10 Å². The van der Waals surface area contributed by atoms with Crippen molar-refractivity contribution in [2.45, 2.75) is 264 Å². The van der Waals surface area contributed by atoms with Crippen LogP contribution in [0.25, 0.3) is 0 Å². The third kappa shape index (κ3) is 46.4. The lowest BCUT2D eigenvalue weighted by molar-refractivity contribution is -0.167. The van der Waals surface area contributed by atoms with E-state index in [2.05, 4.69) is 69.4 Å². The van der Waals surface area contributed by atoms with Gasteiger partial charge in [0.25, 0.3) is 0 Å². The first-order valence-electron chi connectivity index (χ1n) is 25.6. The van der Waals surface area contributed by atoms with Crippen molar-refractivity contribution in [3.8, 4) is 0 Å². The van der Waals surface area contributed by atoms with E-state index >= 15 is 0 Å². The van der Waals surface area contributed by atoms with Crippen LogP contribution in [0.5, 0.6) is 0 Å². The topological polar surface area (TPSA) is 78.9 Å². The molecule has 0 aliphatic carbocycles. The Balaban J connectivity index is 4.45. The Labute approximate surface area is 371 Å². The Morgan fingerprint density at radius 1 is 0.333 bits per heavy atom. The summed E-state index contributed by atoms with van der Waals surface area (Å²) in [7, 11) is 0. The Bertz CT molecular complexity index is 1060.